The molecule has 1 aliphatic heterocycles. The Morgan fingerprint density at radius 1 is 1.00 bits per heavy atom. The van der Waals surface area contributed by atoms with E-state index >= 15 is 0 Å². The topological polar surface area (TPSA) is 98.8 Å². The summed E-state index contributed by atoms with van der Waals surface area (Å²) < 4.78 is 0. The largest absolute Gasteiger partial charge is 0.333 e. The van der Waals surface area contributed by atoms with Crippen molar-refractivity contribution in [3.8, 4) is 0 Å². The van der Waals surface area contributed by atoms with Crippen LogP contribution in [0.15, 0.2) is 24.3 Å². The highest BCUT2D eigenvalue weighted by Gasteiger charge is 2.32. The van der Waals surface area contributed by atoms with Crippen molar-refractivity contribution in [3.05, 3.63) is 34.9 Å². The lowest BCUT2D eigenvalue weighted by Crippen LogP contribution is -2.57. The van der Waals surface area contributed by atoms with Gasteiger partial charge in [0.2, 0.25) is 5.91 Å². The van der Waals surface area contributed by atoms with Crippen molar-refractivity contribution in [2.45, 2.75) is 13.3 Å². The average molecular weight is 367 g/mol. The van der Waals surface area contributed by atoms with Crippen molar-refractivity contribution in [1.82, 2.24) is 20.7 Å². The number of halogens is 1. The molecule has 25 heavy (non-hydrogen) atoms. The average Bonchev–Trinajstić information content (AvgIpc) is 2.59. The molecule has 0 aliphatic carbocycles. The summed E-state index contributed by atoms with van der Waals surface area (Å²) in [6, 6.07) is 6.76. The van der Waals surface area contributed by atoms with Crippen LogP contribution in [0.1, 0.15) is 12.5 Å². The van der Waals surface area contributed by atoms with Gasteiger partial charge in [0.25, 0.3) is 5.91 Å². The fourth-order valence-corrected chi connectivity index (χ4v) is 2.48. The Bertz CT molecular complexity index is 677. The number of amides is 4. The minimum absolute atomic E-state index is 0.0735. The van der Waals surface area contributed by atoms with Crippen LogP contribution in [-0.4, -0.2) is 59.6 Å². The number of rotatable bonds is 5. The number of carbonyl (C=O) groups is 4. The number of nitrogens with one attached hydrogen (secondary N) is 2. The minimum atomic E-state index is -0.712. The monoisotopic (exact) mass is 366 g/mol. The standard InChI is InChI=1S/C16H19ClN4O4/c1-2-20-7-8-21(16(25)15(20)24)10-14(23)19-18-13(22)9-11-3-5-12(17)6-4-11/h3-6H,2,7-10H2,1H3,(H,18,22)(H,19,23). The van der Waals surface area contributed by atoms with Crippen LogP contribution < -0.4 is 10.9 Å². The van der Waals surface area contributed by atoms with E-state index < -0.39 is 23.6 Å². The molecule has 1 aromatic carbocycles. The van der Waals surface area contributed by atoms with Gasteiger partial charge in [-0.3, -0.25) is 30.0 Å². The Labute approximate surface area is 150 Å². The van der Waals surface area contributed by atoms with E-state index in [1.165, 1.54) is 4.90 Å². The predicted octanol–water partition coefficient (Wildman–Crippen LogP) is -0.279. The number of hydrogen-bond acceptors (Lipinski definition) is 4. The molecule has 8 nitrogen and oxygen atoms in total. The Balaban J connectivity index is 1.76. The number of hydrogen-bond donors (Lipinski definition) is 2. The second-order valence-corrected chi connectivity index (χ2v) is 5.95. The van der Waals surface area contributed by atoms with Crippen LogP contribution in [0.4, 0.5) is 0 Å². The lowest BCUT2D eigenvalue weighted by atomic mass is 10.1. The quantitative estimate of drug-likeness (QED) is 0.553. The van der Waals surface area contributed by atoms with Crippen LogP contribution in [0.5, 0.6) is 0 Å². The Morgan fingerprint density at radius 3 is 2.20 bits per heavy atom. The van der Waals surface area contributed by atoms with Gasteiger partial charge in [0, 0.05) is 24.7 Å². The summed E-state index contributed by atoms with van der Waals surface area (Å²) >= 11 is 5.77. The number of hydrazine groups is 1. The van der Waals surface area contributed by atoms with E-state index in [4.69, 9.17) is 11.6 Å². The van der Waals surface area contributed by atoms with Gasteiger partial charge >= 0.3 is 11.8 Å². The van der Waals surface area contributed by atoms with Crippen molar-refractivity contribution in [3.63, 3.8) is 0 Å². The summed E-state index contributed by atoms with van der Waals surface area (Å²) in [6.45, 7) is 2.61. The van der Waals surface area contributed by atoms with E-state index in [0.717, 1.165) is 10.5 Å². The van der Waals surface area contributed by atoms with E-state index in [0.29, 0.717) is 18.1 Å². The van der Waals surface area contributed by atoms with Crippen molar-refractivity contribution in [2.24, 2.45) is 0 Å². The first kappa shape index (κ1) is 18.7. The molecule has 0 aromatic heterocycles. The smallest absolute Gasteiger partial charge is 0.312 e. The molecule has 0 spiro atoms. The number of carbonyl (C=O) groups excluding carboxylic acids is 4. The van der Waals surface area contributed by atoms with E-state index in [1.54, 1.807) is 31.2 Å². The molecule has 0 saturated carbocycles. The van der Waals surface area contributed by atoms with Gasteiger partial charge < -0.3 is 9.80 Å². The Kier molecular flexibility index (Phi) is 6.35. The molecule has 0 unspecified atom stereocenters. The fourth-order valence-electron chi connectivity index (χ4n) is 2.35. The highest BCUT2D eigenvalue weighted by atomic mass is 35.5. The number of nitrogens with zero attached hydrogens (tertiary/aromatic N) is 2. The fraction of sp³-hybridized carbons (Fsp3) is 0.375. The first-order chi connectivity index (χ1) is 11.9. The van der Waals surface area contributed by atoms with Gasteiger partial charge in [-0.2, -0.15) is 0 Å². The number of likely N-dealkylation sites (N-methyl/N-ethyl adjacent to an activating group) is 1. The zero-order chi connectivity index (χ0) is 18.4. The molecule has 1 saturated heterocycles. The van der Waals surface area contributed by atoms with Gasteiger partial charge in [-0.15, -0.1) is 0 Å². The van der Waals surface area contributed by atoms with Crippen LogP contribution in [-0.2, 0) is 25.6 Å². The highest BCUT2D eigenvalue weighted by molar-refractivity contribution is 6.35. The molecule has 1 aliphatic rings. The van der Waals surface area contributed by atoms with Crippen LogP contribution >= 0.6 is 11.6 Å². The second kappa shape index (κ2) is 8.48. The van der Waals surface area contributed by atoms with E-state index in [1.807, 2.05) is 0 Å². The molecule has 4 amide bonds. The van der Waals surface area contributed by atoms with E-state index in [2.05, 4.69) is 10.9 Å². The van der Waals surface area contributed by atoms with Gasteiger partial charge in [0.15, 0.2) is 0 Å². The summed E-state index contributed by atoms with van der Waals surface area (Å²) in [4.78, 5) is 49.9. The molecule has 0 bridgehead atoms. The molecule has 2 rings (SSSR count). The van der Waals surface area contributed by atoms with Crippen molar-refractivity contribution < 1.29 is 19.2 Å². The maximum Gasteiger partial charge on any atom is 0.312 e. The van der Waals surface area contributed by atoms with Gasteiger partial charge in [0.05, 0.1) is 6.42 Å². The zero-order valence-corrected chi connectivity index (χ0v) is 14.5. The van der Waals surface area contributed by atoms with Crippen molar-refractivity contribution in [2.75, 3.05) is 26.2 Å². The molecule has 134 valence electrons. The third kappa shape index (κ3) is 5.18. The van der Waals surface area contributed by atoms with Gasteiger partial charge in [-0.1, -0.05) is 23.7 Å². The maximum atomic E-state index is 11.9. The zero-order valence-electron chi connectivity index (χ0n) is 13.8. The molecule has 1 heterocycles. The second-order valence-electron chi connectivity index (χ2n) is 5.51. The lowest BCUT2D eigenvalue weighted by Gasteiger charge is -2.32. The van der Waals surface area contributed by atoms with Crippen molar-refractivity contribution in [1.29, 1.82) is 0 Å². The summed E-state index contributed by atoms with van der Waals surface area (Å²) in [5.74, 6) is -2.31. The van der Waals surface area contributed by atoms with E-state index in [-0.39, 0.29) is 19.5 Å². The molecule has 0 atom stereocenters. The molecule has 1 fully saturated rings. The molecule has 9 heteroatoms. The molecule has 1 aromatic rings. The molecular weight excluding hydrogens is 348 g/mol. The normalized spacial score (nSPS) is 14.5. The Hall–Kier alpha value is -2.61. The molecular formula is C16H19ClN4O4. The van der Waals surface area contributed by atoms with Crippen LogP contribution in [0.25, 0.3) is 0 Å². The van der Waals surface area contributed by atoms with E-state index in [9.17, 15) is 19.2 Å². The molecule has 0 radical (unpaired) electrons. The minimum Gasteiger partial charge on any atom is -0.333 e. The van der Waals surface area contributed by atoms with Gasteiger partial charge in [0.1, 0.15) is 6.54 Å². The number of piperazine rings is 1. The summed E-state index contributed by atoms with van der Waals surface area (Å²) in [6.07, 6.45) is 0.0735. The van der Waals surface area contributed by atoms with Crippen LogP contribution in [0.2, 0.25) is 5.02 Å². The lowest BCUT2D eigenvalue weighted by molar-refractivity contribution is -0.156. The van der Waals surface area contributed by atoms with Gasteiger partial charge in [-0.05, 0) is 24.6 Å². The van der Waals surface area contributed by atoms with Crippen molar-refractivity contribution >= 4 is 35.2 Å². The summed E-state index contributed by atoms with van der Waals surface area (Å²) in [5, 5.41) is 0.569. The SMILES string of the molecule is CCN1CCN(CC(=O)NNC(=O)Cc2ccc(Cl)cc2)C(=O)C1=O. The predicted molar refractivity (Wildman–Crippen MR) is 90.3 cm³/mol. The number of benzene rings is 1. The highest BCUT2D eigenvalue weighted by Crippen LogP contribution is 2.09. The third-order valence-electron chi connectivity index (χ3n) is 3.73. The molecule has 2 N–H and O–H groups in total. The van der Waals surface area contributed by atoms with Crippen LogP contribution in [0, 0.1) is 0 Å². The summed E-state index contributed by atoms with van der Waals surface area (Å²) in [7, 11) is 0. The maximum absolute atomic E-state index is 11.9. The van der Waals surface area contributed by atoms with Gasteiger partial charge in [-0.25, -0.2) is 0 Å². The summed E-state index contributed by atoms with van der Waals surface area (Å²) in [5.41, 5.74) is 5.26. The Morgan fingerprint density at radius 2 is 1.56 bits per heavy atom. The third-order valence-corrected chi connectivity index (χ3v) is 3.98. The first-order valence-corrected chi connectivity index (χ1v) is 8.18. The first-order valence-electron chi connectivity index (χ1n) is 7.81. The van der Waals surface area contributed by atoms with Crippen LogP contribution in [0.3, 0.4) is 0 Å².